The summed E-state index contributed by atoms with van der Waals surface area (Å²) in [6.45, 7) is 8.93. The van der Waals surface area contributed by atoms with Gasteiger partial charge in [-0.3, -0.25) is 20.1 Å². The van der Waals surface area contributed by atoms with Gasteiger partial charge in [0.15, 0.2) is 0 Å². The molecule has 4 N–H and O–H groups in total. The van der Waals surface area contributed by atoms with Crippen molar-refractivity contribution in [2.24, 2.45) is 4.99 Å². The van der Waals surface area contributed by atoms with E-state index >= 15 is 0 Å². The van der Waals surface area contributed by atoms with Gasteiger partial charge in [-0.25, -0.2) is 9.18 Å². The first-order chi connectivity index (χ1) is 18.3. The molecule has 4 rings (SSSR count). The zero-order valence-corrected chi connectivity index (χ0v) is 22.6. The fourth-order valence-electron chi connectivity index (χ4n) is 5.30. The lowest BCUT2D eigenvalue weighted by molar-refractivity contribution is -0.274. The van der Waals surface area contributed by atoms with Crippen molar-refractivity contribution >= 4 is 17.6 Å². The van der Waals surface area contributed by atoms with Crippen molar-refractivity contribution in [3.63, 3.8) is 0 Å². The molecule has 38 heavy (non-hydrogen) atoms. The van der Waals surface area contributed by atoms with E-state index in [1.807, 2.05) is 45.1 Å². The first-order valence-corrected chi connectivity index (χ1v) is 13.4. The minimum atomic E-state index is -0.637. The molecule has 2 fully saturated rings. The SMILES string of the molecule is C/C=C(\C=C/[NH3+])CCN=C1NC(=O)N(c2cccc(F)c2)C12CCN(Cc1cccc(OC(C)C)c1)CC2. The number of aliphatic imine (C=N–C) groups is 1. The van der Waals surface area contributed by atoms with Crippen molar-refractivity contribution in [3.8, 4) is 5.75 Å². The number of piperidine rings is 1. The summed E-state index contributed by atoms with van der Waals surface area (Å²) in [4.78, 5) is 22.3. The maximum atomic E-state index is 14.2. The number of carbonyl (C=O) groups excluding carboxylic acids is 1. The molecule has 0 unspecified atom stereocenters. The normalized spacial score (nSPS) is 19.2. The molecule has 0 saturated carbocycles. The van der Waals surface area contributed by atoms with Crippen LogP contribution in [0.4, 0.5) is 14.9 Å². The van der Waals surface area contributed by atoms with E-state index in [-0.39, 0.29) is 18.0 Å². The number of hydrogen-bond acceptors (Lipinski definition) is 4. The number of nitrogens with zero attached hydrogens (tertiary/aromatic N) is 3. The quantitative estimate of drug-likeness (QED) is 0.472. The Balaban J connectivity index is 1.55. The van der Waals surface area contributed by atoms with Crippen LogP contribution in [0.2, 0.25) is 0 Å². The zero-order chi connectivity index (χ0) is 27.1. The monoisotopic (exact) mass is 520 g/mol. The summed E-state index contributed by atoms with van der Waals surface area (Å²) in [5.41, 5.74) is 6.02. The number of amidine groups is 1. The number of carbonyl (C=O) groups is 1. The highest BCUT2D eigenvalue weighted by Crippen LogP contribution is 2.38. The van der Waals surface area contributed by atoms with Gasteiger partial charge in [-0.05, 0) is 87.6 Å². The Hall–Kier alpha value is -3.49. The van der Waals surface area contributed by atoms with Gasteiger partial charge in [0.1, 0.15) is 22.9 Å². The van der Waals surface area contributed by atoms with Crippen molar-refractivity contribution in [1.82, 2.24) is 10.2 Å². The topological polar surface area (TPSA) is 84.8 Å². The third-order valence-corrected chi connectivity index (χ3v) is 7.10. The van der Waals surface area contributed by atoms with Crippen LogP contribution in [0.1, 0.15) is 45.6 Å². The van der Waals surface area contributed by atoms with Gasteiger partial charge in [0.2, 0.25) is 0 Å². The van der Waals surface area contributed by atoms with E-state index in [1.54, 1.807) is 23.2 Å². The fourth-order valence-corrected chi connectivity index (χ4v) is 5.30. The van der Waals surface area contributed by atoms with Crippen LogP contribution in [0.25, 0.3) is 0 Å². The number of likely N-dealkylation sites (tertiary alicyclic amines) is 1. The maximum absolute atomic E-state index is 14.2. The number of benzene rings is 2. The Labute approximate surface area is 224 Å². The Morgan fingerprint density at radius 3 is 2.66 bits per heavy atom. The van der Waals surface area contributed by atoms with Crippen molar-refractivity contribution in [1.29, 1.82) is 0 Å². The van der Waals surface area contributed by atoms with Crippen LogP contribution in [0.5, 0.6) is 5.75 Å². The Kier molecular flexibility index (Phi) is 8.97. The number of amides is 2. The number of ether oxygens (including phenoxy) is 1. The second-order valence-corrected chi connectivity index (χ2v) is 10.1. The van der Waals surface area contributed by atoms with E-state index in [0.717, 1.165) is 37.4 Å². The minimum absolute atomic E-state index is 0.123. The highest BCUT2D eigenvalue weighted by atomic mass is 19.1. The minimum Gasteiger partial charge on any atom is -0.491 e. The molecule has 2 amide bonds. The van der Waals surface area contributed by atoms with E-state index in [4.69, 9.17) is 9.73 Å². The van der Waals surface area contributed by atoms with Gasteiger partial charge < -0.3 is 10.5 Å². The van der Waals surface area contributed by atoms with Gasteiger partial charge in [0.25, 0.3) is 0 Å². The fraction of sp³-hybridized carbons (Fsp3) is 0.400. The van der Waals surface area contributed by atoms with Gasteiger partial charge in [0, 0.05) is 31.9 Å². The molecule has 7 nitrogen and oxygen atoms in total. The molecule has 8 heteroatoms. The molecule has 2 aliphatic rings. The Morgan fingerprint density at radius 1 is 1.21 bits per heavy atom. The third-order valence-electron chi connectivity index (χ3n) is 7.10. The molecular weight excluding hydrogens is 481 g/mol. The van der Waals surface area contributed by atoms with Crippen molar-refractivity contribution in [3.05, 3.63) is 83.8 Å². The standard InChI is InChI=1S/C30H38FN5O2/c1-4-23(11-15-32)12-16-33-28-30(36(29(37)34-28)26-9-6-8-25(31)20-26)13-17-35(18-14-30)21-24-7-5-10-27(19-24)38-22(2)3/h4-11,15,19-20,22H,12-14,16-18,21,32H2,1-3H3,(H,33,34,37)/p+1/b15-11-,23-4+. The summed E-state index contributed by atoms with van der Waals surface area (Å²) in [6, 6.07) is 14.2. The molecule has 0 bridgehead atoms. The molecule has 0 atom stereocenters. The highest BCUT2D eigenvalue weighted by Gasteiger charge is 2.52. The van der Waals surface area contributed by atoms with Crippen LogP contribution in [-0.2, 0) is 6.54 Å². The van der Waals surface area contributed by atoms with Gasteiger partial charge in [-0.1, -0.05) is 24.3 Å². The van der Waals surface area contributed by atoms with Crippen molar-refractivity contribution in [2.45, 2.75) is 58.2 Å². The molecule has 2 saturated heterocycles. The Morgan fingerprint density at radius 2 is 1.97 bits per heavy atom. The lowest BCUT2D eigenvalue weighted by atomic mass is 9.85. The molecule has 202 valence electrons. The molecule has 0 aliphatic carbocycles. The summed E-state index contributed by atoms with van der Waals surface area (Å²) >= 11 is 0. The van der Waals surface area contributed by atoms with E-state index in [0.29, 0.717) is 30.9 Å². The molecule has 2 heterocycles. The predicted octanol–water partition coefficient (Wildman–Crippen LogP) is 4.67. The molecule has 0 aromatic heterocycles. The number of rotatable bonds is 9. The van der Waals surface area contributed by atoms with Crippen LogP contribution in [0.3, 0.4) is 0 Å². The lowest BCUT2D eigenvalue weighted by Gasteiger charge is -2.43. The van der Waals surface area contributed by atoms with Crippen molar-refractivity contribution < 1.29 is 19.7 Å². The summed E-state index contributed by atoms with van der Waals surface area (Å²) in [5, 5.41) is 3.03. The predicted molar refractivity (Wildman–Crippen MR) is 150 cm³/mol. The first kappa shape index (κ1) is 27.5. The largest absolute Gasteiger partial charge is 0.491 e. The molecule has 0 radical (unpaired) electrons. The number of hydrogen-bond donors (Lipinski definition) is 2. The number of halogens is 1. The van der Waals surface area contributed by atoms with Crippen LogP contribution >= 0.6 is 0 Å². The third kappa shape index (κ3) is 6.31. The lowest BCUT2D eigenvalue weighted by Crippen LogP contribution is -2.56. The number of nitrogens with one attached hydrogen (secondary N) is 1. The van der Waals surface area contributed by atoms with Crippen LogP contribution in [0.15, 0.2) is 77.4 Å². The average molecular weight is 521 g/mol. The number of anilines is 1. The van der Waals surface area contributed by atoms with Crippen LogP contribution < -0.4 is 20.7 Å². The summed E-state index contributed by atoms with van der Waals surface area (Å²) in [7, 11) is 0. The highest BCUT2D eigenvalue weighted by molar-refractivity contribution is 6.19. The number of quaternary nitrogens is 1. The van der Waals surface area contributed by atoms with Gasteiger partial charge in [0.05, 0.1) is 12.3 Å². The second-order valence-electron chi connectivity index (χ2n) is 10.1. The van der Waals surface area contributed by atoms with Gasteiger partial charge in [-0.2, -0.15) is 0 Å². The number of allylic oxidation sites excluding steroid dienone is 2. The zero-order valence-electron chi connectivity index (χ0n) is 22.6. The summed E-state index contributed by atoms with van der Waals surface area (Å²) in [6.07, 6.45) is 8.05. The molecule has 2 aromatic rings. The van der Waals surface area contributed by atoms with Gasteiger partial charge >= 0.3 is 6.03 Å². The molecule has 1 spiro atoms. The van der Waals surface area contributed by atoms with E-state index in [1.165, 1.54) is 17.7 Å². The van der Waals surface area contributed by atoms with Crippen LogP contribution in [0, 0.1) is 5.82 Å². The Bertz CT molecular complexity index is 1210. The van der Waals surface area contributed by atoms with Crippen molar-refractivity contribution in [2.75, 3.05) is 24.5 Å². The molecule has 2 aromatic carbocycles. The number of urea groups is 1. The first-order valence-electron chi connectivity index (χ1n) is 13.4. The maximum Gasteiger partial charge on any atom is 0.328 e. The van der Waals surface area contributed by atoms with E-state index < -0.39 is 5.54 Å². The summed E-state index contributed by atoms with van der Waals surface area (Å²) < 4.78 is 20.1. The van der Waals surface area contributed by atoms with Gasteiger partial charge in [-0.15, -0.1) is 0 Å². The summed E-state index contributed by atoms with van der Waals surface area (Å²) in [5.74, 6) is 1.18. The van der Waals surface area contributed by atoms with Crippen LogP contribution in [-0.4, -0.2) is 48.0 Å². The van der Waals surface area contributed by atoms with E-state index in [2.05, 4.69) is 28.1 Å². The molecule has 2 aliphatic heterocycles. The smallest absolute Gasteiger partial charge is 0.328 e. The van der Waals surface area contributed by atoms with E-state index in [9.17, 15) is 9.18 Å². The average Bonchev–Trinajstić information content (AvgIpc) is 3.15. The molecular formula is C30H39FN5O2+. The second kappa shape index (κ2) is 12.4.